The van der Waals surface area contributed by atoms with Crippen LogP contribution < -0.4 is 29.6 Å². The number of aliphatic hydroxyl groups is 1. The molecule has 0 saturated carbocycles. The van der Waals surface area contributed by atoms with E-state index in [-0.39, 0.29) is 35.7 Å². The van der Waals surface area contributed by atoms with E-state index in [4.69, 9.17) is 0 Å². The minimum atomic E-state index is -4.21. The van der Waals surface area contributed by atoms with Crippen molar-refractivity contribution < 1.29 is 47.6 Å². The van der Waals surface area contributed by atoms with Gasteiger partial charge in [0.2, 0.25) is 0 Å². The van der Waals surface area contributed by atoms with Crippen molar-refractivity contribution in [3.8, 4) is 0 Å². The molecular weight excluding hydrogens is 347 g/mol. The average molecular weight is 387 g/mol. The SMILES string of the molecule is CCCCCCCC(O)CCCC(CCCCCCC)S(=O)(=O)[O-].[Na+]. The van der Waals surface area contributed by atoms with E-state index in [2.05, 4.69) is 13.8 Å². The molecule has 25 heavy (non-hydrogen) atoms. The Kier molecular flexibility index (Phi) is 20.5. The Labute approximate surface area is 178 Å². The zero-order valence-electron chi connectivity index (χ0n) is 16.8. The molecule has 0 fully saturated rings. The van der Waals surface area contributed by atoms with E-state index in [0.29, 0.717) is 25.7 Å². The van der Waals surface area contributed by atoms with Gasteiger partial charge in [-0.1, -0.05) is 78.1 Å². The molecule has 6 heteroatoms. The van der Waals surface area contributed by atoms with Gasteiger partial charge in [-0.05, 0) is 32.1 Å². The smallest absolute Gasteiger partial charge is 0.748 e. The van der Waals surface area contributed by atoms with Crippen LogP contribution in [0.5, 0.6) is 0 Å². The Morgan fingerprint density at radius 2 is 1.12 bits per heavy atom. The van der Waals surface area contributed by atoms with Crippen LogP contribution in [0.2, 0.25) is 0 Å². The van der Waals surface area contributed by atoms with Gasteiger partial charge in [0.1, 0.15) is 0 Å². The summed E-state index contributed by atoms with van der Waals surface area (Å²) in [5.41, 5.74) is 0. The predicted molar refractivity (Wildman–Crippen MR) is 100 cm³/mol. The van der Waals surface area contributed by atoms with Crippen LogP contribution in [-0.2, 0) is 10.1 Å². The van der Waals surface area contributed by atoms with E-state index in [1.54, 1.807) is 0 Å². The molecule has 146 valence electrons. The molecule has 0 heterocycles. The molecule has 1 N–H and O–H groups in total. The Morgan fingerprint density at radius 3 is 1.60 bits per heavy atom. The van der Waals surface area contributed by atoms with Gasteiger partial charge in [-0.15, -0.1) is 0 Å². The van der Waals surface area contributed by atoms with Gasteiger partial charge < -0.3 is 9.66 Å². The summed E-state index contributed by atoms with van der Waals surface area (Å²) < 4.78 is 34.1. The third kappa shape index (κ3) is 18.0. The summed E-state index contributed by atoms with van der Waals surface area (Å²) in [6.07, 6.45) is 13.6. The van der Waals surface area contributed by atoms with Crippen molar-refractivity contribution in [1.82, 2.24) is 0 Å². The number of unbranched alkanes of at least 4 members (excludes halogenated alkanes) is 8. The van der Waals surface area contributed by atoms with Crippen LogP contribution in [-0.4, -0.2) is 29.4 Å². The maximum Gasteiger partial charge on any atom is 1.00 e. The number of rotatable bonds is 17. The molecule has 0 bridgehead atoms. The number of hydrogen-bond donors (Lipinski definition) is 1. The predicted octanol–water partition coefficient (Wildman–Crippen LogP) is 2.16. The third-order valence-electron chi connectivity index (χ3n) is 4.74. The van der Waals surface area contributed by atoms with Gasteiger partial charge in [-0.3, -0.25) is 0 Å². The fraction of sp³-hybridized carbons (Fsp3) is 1.00. The Bertz CT molecular complexity index is 374. The molecular formula is C19H39NaO4S. The van der Waals surface area contributed by atoms with Gasteiger partial charge in [0.15, 0.2) is 0 Å². The van der Waals surface area contributed by atoms with Gasteiger partial charge >= 0.3 is 29.6 Å². The van der Waals surface area contributed by atoms with E-state index in [1.807, 2.05) is 0 Å². The average Bonchev–Trinajstić information content (AvgIpc) is 2.51. The molecule has 0 aromatic rings. The monoisotopic (exact) mass is 386 g/mol. The molecule has 2 unspecified atom stereocenters. The second kappa shape index (κ2) is 18.2. The Hall–Kier alpha value is 0.870. The number of hydrogen-bond acceptors (Lipinski definition) is 4. The van der Waals surface area contributed by atoms with Crippen LogP contribution in [0.4, 0.5) is 0 Å². The maximum absolute atomic E-state index is 11.4. The molecule has 2 atom stereocenters. The van der Waals surface area contributed by atoms with E-state index in [9.17, 15) is 18.1 Å². The van der Waals surface area contributed by atoms with Crippen molar-refractivity contribution in [2.75, 3.05) is 0 Å². The Balaban J connectivity index is 0. The first-order chi connectivity index (χ1) is 11.4. The van der Waals surface area contributed by atoms with Crippen LogP contribution in [0.3, 0.4) is 0 Å². The summed E-state index contributed by atoms with van der Waals surface area (Å²) in [6.45, 7) is 4.32. The molecule has 0 rings (SSSR count). The summed E-state index contributed by atoms with van der Waals surface area (Å²) in [6, 6.07) is 0. The quantitative estimate of drug-likeness (QED) is 0.236. The molecule has 0 aliphatic heterocycles. The van der Waals surface area contributed by atoms with Crippen molar-refractivity contribution in [1.29, 1.82) is 0 Å². The second-order valence-electron chi connectivity index (χ2n) is 7.11. The summed E-state index contributed by atoms with van der Waals surface area (Å²) in [5.74, 6) is 0. The third-order valence-corrected chi connectivity index (χ3v) is 6.03. The zero-order valence-corrected chi connectivity index (χ0v) is 19.7. The molecule has 0 saturated heterocycles. The summed E-state index contributed by atoms with van der Waals surface area (Å²) in [7, 11) is -4.21. The van der Waals surface area contributed by atoms with Crippen LogP contribution in [0.1, 0.15) is 110 Å². The fourth-order valence-corrected chi connectivity index (χ4v) is 4.03. The minimum Gasteiger partial charge on any atom is -0.748 e. The molecule has 0 radical (unpaired) electrons. The van der Waals surface area contributed by atoms with Crippen LogP contribution >= 0.6 is 0 Å². The van der Waals surface area contributed by atoms with Gasteiger partial charge in [0.05, 0.1) is 16.2 Å². The second-order valence-corrected chi connectivity index (χ2v) is 8.76. The summed E-state index contributed by atoms with van der Waals surface area (Å²) in [5, 5.41) is 9.20. The molecule has 4 nitrogen and oxygen atoms in total. The van der Waals surface area contributed by atoms with Crippen LogP contribution in [0.15, 0.2) is 0 Å². The van der Waals surface area contributed by atoms with Crippen molar-refractivity contribution >= 4 is 10.1 Å². The van der Waals surface area contributed by atoms with Crippen molar-refractivity contribution in [3.05, 3.63) is 0 Å². The first kappa shape index (κ1) is 28.1. The van der Waals surface area contributed by atoms with Gasteiger partial charge in [-0.25, -0.2) is 8.42 Å². The van der Waals surface area contributed by atoms with Gasteiger partial charge in [0.25, 0.3) is 0 Å². The van der Waals surface area contributed by atoms with E-state index in [0.717, 1.165) is 44.9 Å². The molecule has 0 amide bonds. The molecule has 0 spiro atoms. The maximum atomic E-state index is 11.4. The Morgan fingerprint density at radius 1 is 0.720 bits per heavy atom. The molecule has 0 aliphatic carbocycles. The molecule has 0 aromatic heterocycles. The summed E-state index contributed by atoms with van der Waals surface area (Å²) in [4.78, 5) is 0. The van der Waals surface area contributed by atoms with E-state index >= 15 is 0 Å². The summed E-state index contributed by atoms with van der Waals surface area (Å²) >= 11 is 0. The van der Waals surface area contributed by atoms with Crippen molar-refractivity contribution in [2.45, 2.75) is 122 Å². The molecule has 0 aliphatic rings. The van der Waals surface area contributed by atoms with Gasteiger partial charge in [-0.2, -0.15) is 0 Å². The van der Waals surface area contributed by atoms with Crippen molar-refractivity contribution in [2.24, 2.45) is 0 Å². The van der Waals surface area contributed by atoms with E-state index < -0.39 is 15.4 Å². The fourth-order valence-electron chi connectivity index (χ4n) is 3.12. The topological polar surface area (TPSA) is 77.4 Å². The molecule has 0 aromatic carbocycles. The first-order valence-corrected chi connectivity index (χ1v) is 11.5. The zero-order chi connectivity index (χ0) is 18.3. The standard InChI is InChI=1S/C19H40O4S.Na/c1-3-5-7-9-11-14-18(20)15-13-17-19(24(21,22)23)16-12-10-8-6-4-2;/h18-20H,3-17H2,1-2H3,(H,21,22,23);/q;+1/p-1. The van der Waals surface area contributed by atoms with Crippen LogP contribution in [0.25, 0.3) is 0 Å². The first-order valence-electron chi connectivity index (χ1n) is 10.0. The largest absolute Gasteiger partial charge is 1.00 e. The minimum absolute atomic E-state index is 0. The van der Waals surface area contributed by atoms with E-state index in [1.165, 1.54) is 25.7 Å². The van der Waals surface area contributed by atoms with Crippen molar-refractivity contribution in [3.63, 3.8) is 0 Å². The normalized spacial score (nSPS) is 14.1. The number of aliphatic hydroxyl groups excluding tert-OH is 1. The van der Waals surface area contributed by atoms with Crippen LogP contribution in [0, 0.1) is 0 Å². The van der Waals surface area contributed by atoms with Gasteiger partial charge in [0, 0.05) is 5.25 Å².